The van der Waals surface area contributed by atoms with Crippen LogP contribution in [0.15, 0.2) is 30.3 Å². The number of ether oxygens (including phenoxy) is 2. The Morgan fingerprint density at radius 1 is 1.26 bits per heavy atom. The molecule has 0 saturated carbocycles. The molecule has 0 bridgehead atoms. The van der Waals surface area contributed by atoms with E-state index in [4.69, 9.17) is 9.47 Å². The van der Waals surface area contributed by atoms with Crippen molar-refractivity contribution in [1.29, 1.82) is 0 Å². The SMILES string of the molecule is O=C(c1ccccc1)N1CCC2(OCCO2)C(Br)C1. The average molecular weight is 326 g/mol. The summed E-state index contributed by atoms with van der Waals surface area (Å²) < 4.78 is 11.4. The molecule has 2 heterocycles. The van der Waals surface area contributed by atoms with Crippen molar-refractivity contribution in [2.45, 2.75) is 17.0 Å². The fraction of sp³-hybridized carbons (Fsp3) is 0.500. The number of likely N-dealkylation sites (tertiary alicyclic amines) is 1. The van der Waals surface area contributed by atoms with Gasteiger partial charge in [-0.25, -0.2) is 0 Å². The minimum absolute atomic E-state index is 0.0175. The maximum Gasteiger partial charge on any atom is 0.253 e. The highest BCUT2D eigenvalue weighted by atomic mass is 79.9. The van der Waals surface area contributed by atoms with Crippen molar-refractivity contribution in [3.63, 3.8) is 0 Å². The van der Waals surface area contributed by atoms with Gasteiger partial charge in [0.05, 0.1) is 18.0 Å². The topological polar surface area (TPSA) is 38.8 Å². The zero-order valence-corrected chi connectivity index (χ0v) is 12.1. The molecule has 2 aliphatic rings. The van der Waals surface area contributed by atoms with Crippen LogP contribution in [0, 0.1) is 0 Å². The molecule has 1 amide bonds. The lowest BCUT2D eigenvalue weighted by atomic mass is 10.0. The summed E-state index contributed by atoms with van der Waals surface area (Å²) in [5.74, 6) is -0.467. The van der Waals surface area contributed by atoms with E-state index < -0.39 is 5.79 Å². The molecule has 102 valence electrons. The van der Waals surface area contributed by atoms with Crippen LogP contribution in [0.3, 0.4) is 0 Å². The van der Waals surface area contributed by atoms with Crippen molar-refractivity contribution in [3.8, 4) is 0 Å². The molecule has 1 aromatic carbocycles. The van der Waals surface area contributed by atoms with Gasteiger partial charge >= 0.3 is 0 Å². The highest BCUT2D eigenvalue weighted by molar-refractivity contribution is 9.09. The summed E-state index contributed by atoms with van der Waals surface area (Å²) in [5.41, 5.74) is 0.728. The predicted octanol–water partition coefficient (Wildman–Crippen LogP) is 2.04. The zero-order chi connectivity index (χ0) is 13.3. The van der Waals surface area contributed by atoms with Crippen molar-refractivity contribution in [1.82, 2.24) is 4.90 Å². The molecule has 0 N–H and O–H groups in total. The quantitative estimate of drug-likeness (QED) is 0.742. The maximum absolute atomic E-state index is 12.4. The van der Waals surface area contributed by atoms with Crippen LogP contribution in [0.2, 0.25) is 0 Å². The molecule has 0 aliphatic carbocycles. The summed E-state index contributed by atoms with van der Waals surface area (Å²) in [6.07, 6.45) is 0.710. The lowest BCUT2D eigenvalue weighted by Crippen LogP contribution is -2.55. The second-order valence-electron chi connectivity index (χ2n) is 4.84. The standard InChI is InChI=1S/C14H16BrNO3/c15-12-10-16(7-6-14(12)18-8-9-19-14)13(17)11-4-2-1-3-5-11/h1-5,12H,6-10H2. The van der Waals surface area contributed by atoms with Gasteiger partial charge < -0.3 is 14.4 Å². The lowest BCUT2D eigenvalue weighted by molar-refractivity contribution is -0.175. The number of halogens is 1. The molecule has 2 aliphatic heterocycles. The molecular formula is C14H16BrNO3. The zero-order valence-electron chi connectivity index (χ0n) is 10.5. The van der Waals surface area contributed by atoms with Gasteiger partial charge in [0.1, 0.15) is 0 Å². The highest BCUT2D eigenvalue weighted by Gasteiger charge is 2.47. The molecule has 3 rings (SSSR count). The Labute approximate surface area is 120 Å². The molecule has 19 heavy (non-hydrogen) atoms. The largest absolute Gasteiger partial charge is 0.346 e. The minimum atomic E-state index is -0.534. The number of amides is 1. The van der Waals surface area contributed by atoms with Crippen LogP contribution >= 0.6 is 15.9 Å². The average Bonchev–Trinajstić information content (AvgIpc) is 2.92. The number of nitrogens with zero attached hydrogens (tertiary/aromatic N) is 1. The molecule has 1 spiro atoms. The third-order valence-electron chi connectivity index (χ3n) is 3.67. The first-order valence-electron chi connectivity index (χ1n) is 6.48. The van der Waals surface area contributed by atoms with Gasteiger partial charge in [-0.15, -0.1) is 0 Å². The van der Waals surface area contributed by atoms with Gasteiger partial charge in [0.2, 0.25) is 0 Å². The van der Waals surface area contributed by atoms with E-state index in [1.54, 1.807) is 0 Å². The molecule has 0 radical (unpaired) electrons. The summed E-state index contributed by atoms with van der Waals surface area (Å²) >= 11 is 3.61. The Bertz CT molecular complexity index is 459. The van der Waals surface area contributed by atoms with Crippen molar-refractivity contribution in [2.24, 2.45) is 0 Å². The van der Waals surface area contributed by atoms with E-state index in [2.05, 4.69) is 15.9 Å². The maximum atomic E-state index is 12.4. The number of hydrogen-bond donors (Lipinski definition) is 0. The molecular weight excluding hydrogens is 310 g/mol. The van der Waals surface area contributed by atoms with Gasteiger partial charge in [0, 0.05) is 25.1 Å². The first kappa shape index (κ1) is 13.1. The van der Waals surface area contributed by atoms with E-state index >= 15 is 0 Å². The second kappa shape index (κ2) is 5.23. The Morgan fingerprint density at radius 3 is 2.58 bits per heavy atom. The van der Waals surface area contributed by atoms with Crippen LogP contribution in [-0.4, -0.2) is 47.7 Å². The first-order chi connectivity index (χ1) is 9.21. The molecule has 2 saturated heterocycles. The minimum Gasteiger partial charge on any atom is -0.346 e. The summed E-state index contributed by atoms with van der Waals surface area (Å²) in [6, 6.07) is 9.37. The summed E-state index contributed by atoms with van der Waals surface area (Å²) in [6.45, 7) is 2.53. The highest BCUT2D eigenvalue weighted by Crippen LogP contribution is 2.36. The molecule has 1 unspecified atom stereocenters. The van der Waals surface area contributed by atoms with E-state index in [1.807, 2.05) is 35.2 Å². The Balaban J connectivity index is 1.70. The number of carbonyl (C=O) groups is 1. The number of hydrogen-bond acceptors (Lipinski definition) is 3. The number of benzene rings is 1. The summed E-state index contributed by atoms with van der Waals surface area (Å²) in [5, 5.41) is 0. The fourth-order valence-electron chi connectivity index (χ4n) is 2.61. The monoisotopic (exact) mass is 325 g/mol. The van der Waals surface area contributed by atoms with Gasteiger partial charge in [0.25, 0.3) is 5.91 Å². The summed E-state index contributed by atoms with van der Waals surface area (Å²) in [4.78, 5) is 14.2. The van der Waals surface area contributed by atoms with Gasteiger partial charge in [0.15, 0.2) is 5.79 Å². The molecule has 0 aromatic heterocycles. The predicted molar refractivity (Wildman–Crippen MR) is 74.3 cm³/mol. The number of alkyl halides is 1. The van der Waals surface area contributed by atoms with Crippen molar-refractivity contribution < 1.29 is 14.3 Å². The number of piperidine rings is 1. The molecule has 4 nitrogen and oxygen atoms in total. The molecule has 1 aromatic rings. The summed E-state index contributed by atoms with van der Waals surface area (Å²) in [7, 11) is 0. The van der Waals surface area contributed by atoms with Crippen LogP contribution in [0.25, 0.3) is 0 Å². The van der Waals surface area contributed by atoms with Crippen molar-refractivity contribution in [2.75, 3.05) is 26.3 Å². The smallest absolute Gasteiger partial charge is 0.253 e. The molecule has 2 fully saturated rings. The van der Waals surface area contributed by atoms with Crippen LogP contribution in [0.1, 0.15) is 16.8 Å². The van der Waals surface area contributed by atoms with Crippen LogP contribution in [0.5, 0.6) is 0 Å². The van der Waals surface area contributed by atoms with E-state index in [1.165, 1.54) is 0 Å². The van der Waals surface area contributed by atoms with Gasteiger partial charge in [-0.1, -0.05) is 34.1 Å². The van der Waals surface area contributed by atoms with Crippen LogP contribution in [-0.2, 0) is 9.47 Å². The van der Waals surface area contributed by atoms with E-state index in [-0.39, 0.29) is 10.7 Å². The van der Waals surface area contributed by atoms with E-state index in [0.717, 1.165) is 5.56 Å². The fourth-order valence-corrected chi connectivity index (χ4v) is 3.46. The molecule has 1 atom stereocenters. The van der Waals surface area contributed by atoms with Gasteiger partial charge in [-0.05, 0) is 12.1 Å². The van der Waals surface area contributed by atoms with E-state index in [9.17, 15) is 4.79 Å². The first-order valence-corrected chi connectivity index (χ1v) is 7.39. The third-order valence-corrected chi connectivity index (χ3v) is 4.66. The van der Waals surface area contributed by atoms with Crippen molar-refractivity contribution >= 4 is 21.8 Å². The third kappa shape index (κ3) is 2.42. The van der Waals surface area contributed by atoms with Crippen molar-refractivity contribution in [3.05, 3.63) is 35.9 Å². The second-order valence-corrected chi connectivity index (χ2v) is 5.95. The number of rotatable bonds is 1. The molecule has 5 heteroatoms. The Morgan fingerprint density at radius 2 is 1.95 bits per heavy atom. The Kier molecular flexibility index (Phi) is 3.60. The Hall–Kier alpha value is -0.910. The van der Waals surface area contributed by atoms with Gasteiger partial charge in [-0.3, -0.25) is 4.79 Å². The van der Waals surface area contributed by atoms with Crippen LogP contribution < -0.4 is 0 Å². The normalized spacial score (nSPS) is 25.7. The van der Waals surface area contributed by atoms with Gasteiger partial charge in [-0.2, -0.15) is 0 Å². The van der Waals surface area contributed by atoms with E-state index in [0.29, 0.717) is 32.7 Å². The lowest BCUT2D eigenvalue weighted by Gasteiger charge is -2.41. The number of carbonyl (C=O) groups excluding carboxylic acids is 1. The van der Waals surface area contributed by atoms with Crippen LogP contribution in [0.4, 0.5) is 0 Å².